The van der Waals surface area contributed by atoms with E-state index in [9.17, 15) is 0 Å². The number of nitrogens with zero attached hydrogens (tertiary/aromatic N) is 4. The Morgan fingerprint density at radius 2 is 1.80 bits per heavy atom. The van der Waals surface area contributed by atoms with Crippen molar-refractivity contribution in [2.45, 2.75) is 46.5 Å². The highest BCUT2D eigenvalue weighted by molar-refractivity contribution is 6.06. The van der Waals surface area contributed by atoms with Gasteiger partial charge in [0.05, 0.1) is 30.1 Å². The monoisotopic (exact) mass is 469 g/mol. The van der Waals surface area contributed by atoms with E-state index in [1.54, 1.807) is 7.05 Å². The third-order valence-corrected chi connectivity index (χ3v) is 6.38. The predicted molar refractivity (Wildman–Crippen MR) is 147 cm³/mol. The number of aryl methyl sites for hydroxylation is 1. The number of likely N-dealkylation sites (N-methyl/N-ethyl adjacent to an activating group) is 1. The Balaban J connectivity index is 0.00000141. The zero-order valence-corrected chi connectivity index (χ0v) is 21.2. The molecule has 0 saturated carbocycles. The maximum absolute atomic E-state index is 5.09. The van der Waals surface area contributed by atoms with Gasteiger partial charge in [-0.1, -0.05) is 44.7 Å². The van der Waals surface area contributed by atoms with Gasteiger partial charge >= 0.3 is 0 Å². The van der Waals surface area contributed by atoms with Gasteiger partial charge in [0.2, 0.25) is 0 Å². The minimum atomic E-state index is 0.625. The van der Waals surface area contributed by atoms with Gasteiger partial charge in [-0.2, -0.15) is 5.10 Å². The van der Waals surface area contributed by atoms with Crippen LogP contribution in [0.3, 0.4) is 0 Å². The van der Waals surface area contributed by atoms with E-state index in [4.69, 9.17) is 4.98 Å². The molecule has 3 N–H and O–H groups in total. The third kappa shape index (κ3) is 4.90. The van der Waals surface area contributed by atoms with Crippen LogP contribution in [0, 0.1) is 0 Å². The molecule has 0 fully saturated rings. The summed E-state index contributed by atoms with van der Waals surface area (Å²) >= 11 is 0. The highest BCUT2D eigenvalue weighted by Crippen LogP contribution is 2.37. The summed E-state index contributed by atoms with van der Waals surface area (Å²) in [4.78, 5) is 13.9. The molecule has 7 heteroatoms. The molecule has 7 nitrogen and oxygen atoms in total. The Morgan fingerprint density at radius 3 is 2.51 bits per heavy atom. The number of hydrogen-bond donors (Lipinski definition) is 3. The van der Waals surface area contributed by atoms with Gasteiger partial charge < -0.3 is 10.6 Å². The van der Waals surface area contributed by atoms with E-state index < -0.39 is 0 Å². The lowest BCUT2D eigenvalue weighted by atomic mass is 9.86. The molecular weight excluding hydrogens is 434 g/mol. The number of amidine groups is 1. The summed E-state index contributed by atoms with van der Waals surface area (Å²) in [6.07, 6.45) is 8.25. The van der Waals surface area contributed by atoms with E-state index in [2.05, 4.69) is 68.6 Å². The van der Waals surface area contributed by atoms with Crippen molar-refractivity contribution in [2.24, 2.45) is 4.99 Å². The standard InChI is InChI=1S/C26H29N7.C2H6/c1-4-28-23(27-3)15-29-16(2)17-9-11-18(12-10-17)25-20-8-6-5-7-19(20)24-21-13-31-33-26(21)30-14-22(24)32-25;1-2/h9-14,29H,2,4-8,15H2,1,3H3,(H,27,28)(H,30,31,33);1-2H3. The van der Waals surface area contributed by atoms with Gasteiger partial charge in [-0.05, 0) is 49.3 Å². The maximum atomic E-state index is 5.09. The summed E-state index contributed by atoms with van der Waals surface area (Å²) in [5, 5.41) is 16.1. The molecule has 0 amide bonds. The second-order valence-electron chi connectivity index (χ2n) is 8.39. The number of rotatable bonds is 6. The maximum Gasteiger partial charge on any atom is 0.155 e. The molecule has 1 aliphatic rings. The second-order valence-corrected chi connectivity index (χ2v) is 8.39. The molecule has 0 unspecified atom stereocenters. The van der Waals surface area contributed by atoms with Crippen molar-refractivity contribution in [3.63, 3.8) is 0 Å². The molecule has 0 radical (unpaired) electrons. The molecule has 182 valence electrons. The molecule has 0 aliphatic heterocycles. The number of nitrogens with one attached hydrogen (secondary N) is 3. The Bertz CT molecular complexity index is 1350. The van der Waals surface area contributed by atoms with E-state index >= 15 is 0 Å². The molecule has 35 heavy (non-hydrogen) atoms. The van der Waals surface area contributed by atoms with Gasteiger partial charge in [-0.25, -0.2) is 9.97 Å². The van der Waals surface area contributed by atoms with Crippen LogP contribution in [0.5, 0.6) is 0 Å². The fourth-order valence-corrected chi connectivity index (χ4v) is 4.71. The van der Waals surface area contributed by atoms with E-state index in [0.717, 1.165) is 64.3 Å². The molecule has 0 saturated heterocycles. The van der Waals surface area contributed by atoms with Crippen LogP contribution in [0.15, 0.2) is 48.2 Å². The number of aromatic amines is 1. The van der Waals surface area contributed by atoms with Gasteiger partial charge in [-0.15, -0.1) is 0 Å². The van der Waals surface area contributed by atoms with E-state index in [1.165, 1.54) is 29.4 Å². The molecule has 5 rings (SSSR count). The van der Waals surface area contributed by atoms with E-state index in [1.807, 2.05) is 26.2 Å². The summed E-state index contributed by atoms with van der Waals surface area (Å²) in [5.74, 6) is 0.919. The van der Waals surface area contributed by atoms with Crippen LogP contribution in [0.2, 0.25) is 0 Å². The molecule has 3 heterocycles. The molecule has 4 aromatic rings. The lowest BCUT2D eigenvalue weighted by Gasteiger charge is -2.21. The number of fused-ring (bicyclic) bond motifs is 5. The van der Waals surface area contributed by atoms with Crippen molar-refractivity contribution in [3.05, 3.63) is 59.9 Å². The summed E-state index contributed by atoms with van der Waals surface area (Å²) < 4.78 is 0. The Hall–Kier alpha value is -3.74. The topological polar surface area (TPSA) is 90.9 Å². The van der Waals surface area contributed by atoms with Crippen molar-refractivity contribution >= 4 is 33.5 Å². The fraction of sp³-hybridized carbons (Fsp3) is 0.357. The minimum absolute atomic E-state index is 0.625. The largest absolute Gasteiger partial charge is 0.378 e. The lowest BCUT2D eigenvalue weighted by molar-refractivity contribution is 0.689. The van der Waals surface area contributed by atoms with Crippen molar-refractivity contribution in [1.82, 2.24) is 30.8 Å². The Kier molecular flexibility index (Phi) is 7.75. The van der Waals surface area contributed by atoms with E-state index in [0.29, 0.717) is 6.54 Å². The normalized spacial score (nSPS) is 13.2. The van der Waals surface area contributed by atoms with Crippen molar-refractivity contribution in [3.8, 4) is 11.3 Å². The number of H-pyrrole nitrogens is 1. The lowest BCUT2D eigenvalue weighted by Crippen LogP contribution is -2.33. The van der Waals surface area contributed by atoms with Crippen molar-refractivity contribution in [1.29, 1.82) is 0 Å². The average molecular weight is 470 g/mol. The second kappa shape index (κ2) is 11.1. The number of aliphatic imine (C=N–C) groups is 1. The van der Waals surface area contributed by atoms with Gasteiger partial charge in [-0.3, -0.25) is 10.1 Å². The van der Waals surface area contributed by atoms with E-state index in [-0.39, 0.29) is 0 Å². The molecule has 0 atom stereocenters. The summed E-state index contributed by atoms with van der Waals surface area (Å²) in [7, 11) is 1.79. The van der Waals surface area contributed by atoms with Gasteiger partial charge in [0.1, 0.15) is 5.84 Å². The average Bonchev–Trinajstić information content (AvgIpc) is 3.40. The summed E-state index contributed by atoms with van der Waals surface area (Å²) in [6, 6.07) is 8.51. The van der Waals surface area contributed by atoms with Gasteiger partial charge in [0.15, 0.2) is 5.65 Å². The molecule has 1 aromatic carbocycles. The van der Waals surface area contributed by atoms with Crippen LogP contribution < -0.4 is 10.6 Å². The van der Waals surface area contributed by atoms with Crippen LogP contribution in [-0.4, -0.2) is 46.1 Å². The highest BCUT2D eigenvalue weighted by atomic mass is 15.1. The summed E-state index contributed by atoms with van der Waals surface area (Å²) in [6.45, 7) is 11.7. The van der Waals surface area contributed by atoms with Crippen molar-refractivity contribution < 1.29 is 0 Å². The number of hydrogen-bond acceptors (Lipinski definition) is 5. The molecular formula is C28H35N7. The van der Waals surface area contributed by atoms with Crippen LogP contribution in [-0.2, 0) is 12.8 Å². The molecule has 0 bridgehead atoms. The van der Waals surface area contributed by atoms with Crippen LogP contribution >= 0.6 is 0 Å². The molecule has 3 aromatic heterocycles. The first kappa shape index (κ1) is 24.4. The first-order valence-corrected chi connectivity index (χ1v) is 12.6. The first-order valence-electron chi connectivity index (χ1n) is 12.6. The number of pyridine rings is 2. The SMILES string of the molecule is C=C(NCC(=NC)NCC)c1ccc(-c2nc3cnc4[nH]ncc4c3c3c2CCCC3)cc1.CC. The summed E-state index contributed by atoms with van der Waals surface area (Å²) in [5.41, 5.74) is 8.65. The third-order valence-electron chi connectivity index (χ3n) is 6.38. The Morgan fingerprint density at radius 1 is 1.06 bits per heavy atom. The highest BCUT2D eigenvalue weighted by Gasteiger charge is 2.21. The zero-order valence-electron chi connectivity index (χ0n) is 21.2. The molecule has 1 aliphatic carbocycles. The van der Waals surface area contributed by atoms with Crippen LogP contribution in [0.4, 0.5) is 0 Å². The Labute approximate surface area is 207 Å². The molecule has 0 spiro atoms. The van der Waals surface area contributed by atoms with Crippen molar-refractivity contribution in [2.75, 3.05) is 20.1 Å². The zero-order chi connectivity index (χ0) is 24.8. The minimum Gasteiger partial charge on any atom is -0.378 e. The smallest absolute Gasteiger partial charge is 0.155 e. The number of benzene rings is 1. The van der Waals surface area contributed by atoms with Gasteiger partial charge in [0, 0.05) is 35.6 Å². The van der Waals surface area contributed by atoms with Crippen LogP contribution in [0.25, 0.3) is 38.9 Å². The fourth-order valence-electron chi connectivity index (χ4n) is 4.71. The number of aromatic nitrogens is 4. The first-order chi connectivity index (χ1) is 17.2. The van der Waals surface area contributed by atoms with Gasteiger partial charge in [0.25, 0.3) is 0 Å². The quantitative estimate of drug-likeness (QED) is 0.264. The van der Waals surface area contributed by atoms with Crippen LogP contribution in [0.1, 0.15) is 50.3 Å². The predicted octanol–water partition coefficient (Wildman–Crippen LogP) is 5.28.